The van der Waals surface area contributed by atoms with E-state index in [1.54, 1.807) is 7.11 Å². The number of nitrogens with two attached hydrogens (primary N) is 1. The van der Waals surface area contributed by atoms with Crippen LogP contribution in [0.3, 0.4) is 0 Å². The molecule has 3 N–H and O–H groups in total. The molecular weight excluding hydrogens is 282 g/mol. The highest BCUT2D eigenvalue weighted by Crippen LogP contribution is 2.34. The zero-order chi connectivity index (χ0) is 12.8. The van der Waals surface area contributed by atoms with E-state index in [1.807, 2.05) is 12.1 Å². The lowest BCUT2D eigenvalue weighted by atomic mass is 9.90. The highest BCUT2D eigenvalue weighted by atomic mass is 79.9. The van der Waals surface area contributed by atoms with Crippen LogP contribution in [0.15, 0.2) is 22.7 Å². The van der Waals surface area contributed by atoms with Crippen molar-refractivity contribution in [2.24, 2.45) is 5.73 Å². The number of aliphatic hydroxyl groups is 1. The number of ether oxygens (including phenoxy) is 1. The maximum Gasteiger partial charge on any atom is 0.122 e. The molecule has 0 bridgehead atoms. The topological polar surface area (TPSA) is 55.5 Å². The predicted molar refractivity (Wildman–Crippen MR) is 73.4 cm³/mol. The van der Waals surface area contributed by atoms with Crippen LogP contribution in [0.4, 0.5) is 0 Å². The summed E-state index contributed by atoms with van der Waals surface area (Å²) < 4.78 is 6.39. The van der Waals surface area contributed by atoms with Crippen LogP contribution in [0.1, 0.15) is 31.2 Å². The van der Waals surface area contributed by atoms with Gasteiger partial charge in [-0.05, 0) is 42.5 Å². The zero-order valence-electron chi connectivity index (χ0n) is 10.3. The Morgan fingerprint density at radius 1 is 1.47 bits per heavy atom. The maximum atomic E-state index is 9.68. The molecule has 96 valence electrons. The molecule has 0 saturated heterocycles. The highest BCUT2D eigenvalue weighted by Gasteiger charge is 2.18. The average molecular weight is 302 g/mol. The minimum atomic E-state index is -0.455. The molecule has 0 fully saturated rings. The van der Waals surface area contributed by atoms with Crippen molar-refractivity contribution in [2.45, 2.75) is 31.8 Å². The Bertz CT molecular complexity index is 357. The van der Waals surface area contributed by atoms with Crippen molar-refractivity contribution in [3.63, 3.8) is 0 Å². The summed E-state index contributed by atoms with van der Waals surface area (Å²) in [5.41, 5.74) is 6.59. The van der Waals surface area contributed by atoms with Crippen LogP contribution in [0, 0.1) is 0 Å². The highest BCUT2D eigenvalue weighted by molar-refractivity contribution is 9.10. The Labute approximate surface area is 111 Å². The van der Waals surface area contributed by atoms with E-state index in [4.69, 9.17) is 10.5 Å². The lowest BCUT2D eigenvalue weighted by Gasteiger charge is -2.21. The molecule has 4 heteroatoms. The van der Waals surface area contributed by atoms with Crippen molar-refractivity contribution in [2.75, 3.05) is 13.7 Å². The van der Waals surface area contributed by atoms with E-state index in [2.05, 4.69) is 28.9 Å². The molecule has 0 spiro atoms. The van der Waals surface area contributed by atoms with Gasteiger partial charge >= 0.3 is 0 Å². The van der Waals surface area contributed by atoms with Crippen LogP contribution in [0.25, 0.3) is 0 Å². The van der Waals surface area contributed by atoms with Crippen LogP contribution in [0.2, 0.25) is 0 Å². The molecule has 0 aromatic heterocycles. The second kappa shape index (κ2) is 6.99. The van der Waals surface area contributed by atoms with Crippen molar-refractivity contribution in [3.8, 4) is 5.75 Å². The number of methoxy groups -OCH3 is 1. The van der Waals surface area contributed by atoms with E-state index in [9.17, 15) is 5.11 Å². The summed E-state index contributed by atoms with van der Waals surface area (Å²) in [6.45, 7) is 2.40. The van der Waals surface area contributed by atoms with Gasteiger partial charge in [-0.3, -0.25) is 0 Å². The van der Waals surface area contributed by atoms with Gasteiger partial charge in [-0.1, -0.05) is 22.9 Å². The monoisotopic (exact) mass is 301 g/mol. The number of hydrogen-bond acceptors (Lipinski definition) is 3. The van der Waals surface area contributed by atoms with E-state index in [0.29, 0.717) is 13.0 Å². The quantitative estimate of drug-likeness (QED) is 0.849. The fourth-order valence-electron chi connectivity index (χ4n) is 1.96. The van der Waals surface area contributed by atoms with Gasteiger partial charge in [0.15, 0.2) is 0 Å². The van der Waals surface area contributed by atoms with Gasteiger partial charge in [-0.25, -0.2) is 0 Å². The lowest BCUT2D eigenvalue weighted by Crippen LogP contribution is -2.22. The molecule has 17 heavy (non-hydrogen) atoms. The molecule has 1 rings (SSSR count). The number of rotatable bonds is 6. The van der Waals surface area contributed by atoms with E-state index in [0.717, 1.165) is 22.2 Å². The van der Waals surface area contributed by atoms with Gasteiger partial charge in [-0.2, -0.15) is 0 Å². The first-order chi connectivity index (χ1) is 8.12. The van der Waals surface area contributed by atoms with Gasteiger partial charge in [0.1, 0.15) is 5.75 Å². The smallest absolute Gasteiger partial charge is 0.122 e. The van der Waals surface area contributed by atoms with Gasteiger partial charge in [-0.15, -0.1) is 0 Å². The van der Waals surface area contributed by atoms with E-state index in [-0.39, 0.29) is 5.92 Å². The zero-order valence-corrected chi connectivity index (χ0v) is 11.9. The van der Waals surface area contributed by atoms with Crippen LogP contribution in [-0.4, -0.2) is 24.9 Å². The summed E-state index contributed by atoms with van der Waals surface area (Å²) in [5.74, 6) is 1.13. The molecule has 0 amide bonds. The second-order valence-electron chi connectivity index (χ2n) is 4.12. The van der Waals surface area contributed by atoms with Gasteiger partial charge < -0.3 is 15.6 Å². The number of halogens is 1. The lowest BCUT2D eigenvalue weighted by molar-refractivity contribution is 0.161. The minimum Gasteiger partial charge on any atom is -0.496 e. The van der Waals surface area contributed by atoms with Crippen molar-refractivity contribution in [1.82, 2.24) is 0 Å². The first-order valence-electron chi connectivity index (χ1n) is 5.83. The Hall–Kier alpha value is -0.580. The van der Waals surface area contributed by atoms with Crippen LogP contribution >= 0.6 is 15.9 Å². The molecule has 2 atom stereocenters. The van der Waals surface area contributed by atoms with E-state index in [1.165, 1.54) is 0 Å². The fourth-order valence-corrected chi connectivity index (χ4v) is 2.34. The first kappa shape index (κ1) is 14.5. The molecule has 0 aliphatic heterocycles. The molecule has 0 heterocycles. The van der Waals surface area contributed by atoms with Crippen molar-refractivity contribution >= 4 is 15.9 Å². The predicted octanol–water partition coefficient (Wildman–Crippen LogP) is 2.66. The van der Waals surface area contributed by atoms with E-state index >= 15 is 0 Å². The van der Waals surface area contributed by atoms with Gasteiger partial charge in [0.25, 0.3) is 0 Å². The summed E-state index contributed by atoms with van der Waals surface area (Å²) >= 11 is 3.46. The fraction of sp³-hybridized carbons (Fsp3) is 0.538. The first-order valence-corrected chi connectivity index (χ1v) is 6.63. The molecule has 1 aromatic carbocycles. The third kappa shape index (κ3) is 3.98. The minimum absolute atomic E-state index is 0.265. The second-order valence-corrected chi connectivity index (χ2v) is 5.03. The van der Waals surface area contributed by atoms with Gasteiger partial charge in [0.2, 0.25) is 0 Å². The summed E-state index contributed by atoms with van der Waals surface area (Å²) in [5, 5.41) is 9.68. The molecule has 0 radical (unpaired) electrons. The normalized spacial score (nSPS) is 14.4. The number of benzene rings is 1. The van der Waals surface area contributed by atoms with E-state index < -0.39 is 6.10 Å². The summed E-state index contributed by atoms with van der Waals surface area (Å²) in [7, 11) is 1.67. The summed E-state index contributed by atoms with van der Waals surface area (Å²) in [6, 6.07) is 5.95. The Balaban J connectivity index is 2.97. The molecule has 0 saturated carbocycles. The van der Waals surface area contributed by atoms with Crippen molar-refractivity contribution in [3.05, 3.63) is 28.2 Å². The van der Waals surface area contributed by atoms with Crippen molar-refractivity contribution in [1.29, 1.82) is 0 Å². The Kier molecular flexibility index (Phi) is 5.95. The molecule has 2 unspecified atom stereocenters. The summed E-state index contributed by atoms with van der Waals surface area (Å²) in [6.07, 6.45) is 1.16. The largest absolute Gasteiger partial charge is 0.496 e. The van der Waals surface area contributed by atoms with Gasteiger partial charge in [0.05, 0.1) is 13.2 Å². The standard InChI is InChI=1S/C13H20BrNO2/c1-3-9(6-11(16)8-15)12-7-10(14)4-5-13(12)17-2/h4-5,7,9,11,16H,3,6,8,15H2,1-2H3. The number of hydrogen-bond donors (Lipinski definition) is 2. The third-order valence-electron chi connectivity index (χ3n) is 2.95. The van der Waals surface area contributed by atoms with Gasteiger partial charge in [0, 0.05) is 11.0 Å². The average Bonchev–Trinajstić information content (AvgIpc) is 2.35. The van der Waals surface area contributed by atoms with Crippen LogP contribution in [-0.2, 0) is 0 Å². The van der Waals surface area contributed by atoms with Crippen molar-refractivity contribution < 1.29 is 9.84 Å². The molecule has 3 nitrogen and oxygen atoms in total. The summed E-state index contributed by atoms with van der Waals surface area (Å²) in [4.78, 5) is 0. The maximum absolute atomic E-state index is 9.68. The molecule has 1 aromatic rings. The SMILES string of the molecule is CCC(CC(O)CN)c1cc(Br)ccc1OC. The molecule has 0 aliphatic rings. The Morgan fingerprint density at radius 2 is 2.18 bits per heavy atom. The van der Waals surface area contributed by atoms with Crippen LogP contribution in [0.5, 0.6) is 5.75 Å². The Morgan fingerprint density at radius 3 is 2.71 bits per heavy atom. The molecular formula is C13H20BrNO2. The van der Waals surface area contributed by atoms with Crippen LogP contribution < -0.4 is 10.5 Å². The molecule has 0 aliphatic carbocycles. The third-order valence-corrected chi connectivity index (χ3v) is 3.45. The number of aliphatic hydroxyl groups excluding tert-OH is 1.